The summed E-state index contributed by atoms with van der Waals surface area (Å²) >= 11 is 0. The van der Waals surface area contributed by atoms with Gasteiger partial charge in [0.2, 0.25) is 11.7 Å². The third kappa shape index (κ3) is 3.46. The minimum atomic E-state index is -0.640. The molecule has 5 aromatic rings. The van der Waals surface area contributed by atoms with Gasteiger partial charge in [-0.15, -0.1) is 0 Å². The van der Waals surface area contributed by atoms with Crippen LogP contribution in [0.1, 0.15) is 25.3 Å². The summed E-state index contributed by atoms with van der Waals surface area (Å²) in [7, 11) is 0. The summed E-state index contributed by atoms with van der Waals surface area (Å²) in [6.07, 6.45) is 2.46. The van der Waals surface area contributed by atoms with Crippen LogP contribution in [0.3, 0.4) is 0 Å². The zero-order valence-electron chi connectivity index (χ0n) is 17.2. The number of rotatable bonds is 5. The first-order valence-electron chi connectivity index (χ1n) is 10.1. The zero-order chi connectivity index (χ0) is 21.5. The summed E-state index contributed by atoms with van der Waals surface area (Å²) in [5.74, 6) is 1.16. The zero-order valence-corrected chi connectivity index (χ0v) is 17.2. The Hall–Kier alpha value is -3.94. The van der Waals surface area contributed by atoms with Gasteiger partial charge in [0.05, 0.1) is 17.5 Å². The summed E-state index contributed by atoms with van der Waals surface area (Å²) in [4.78, 5) is 34.9. The van der Waals surface area contributed by atoms with Crippen molar-refractivity contribution in [3.8, 4) is 11.4 Å². The highest BCUT2D eigenvalue weighted by molar-refractivity contribution is 5.83. The first-order valence-corrected chi connectivity index (χ1v) is 10.1. The smallest absolute Gasteiger partial charge is 0.316 e. The van der Waals surface area contributed by atoms with Crippen LogP contribution in [0.25, 0.3) is 33.3 Å². The largest absolute Gasteiger partial charge is 0.361 e. The second-order valence-corrected chi connectivity index (χ2v) is 8.04. The molecule has 3 heterocycles. The van der Waals surface area contributed by atoms with Crippen molar-refractivity contribution in [2.24, 2.45) is 5.92 Å². The van der Waals surface area contributed by atoms with E-state index in [2.05, 4.69) is 26.2 Å². The van der Waals surface area contributed by atoms with E-state index in [0.717, 1.165) is 16.5 Å². The van der Waals surface area contributed by atoms with Gasteiger partial charge >= 0.3 is 11.1 Å². The second-order valence-electron chi connectivity index (χ2n) is 8.04. The molecule has 0 unspecified atom stereocenters. The SMILES string of the molecule is CC(C)Cn1c(=O)c(=O)[nH]c2cc(-c3noc(Cc4c[nH]c5ccccc45)n3)ccc21. The highest BCUT2D eigenvalue weighted by Gasteiger charge is 2.14. The van der Waals surface area contributed by atoms with Crippen molar-refractivity contribution in [2.45, 2.75) is 26.8 Å². The number of benzene rings is 2. The first kappa shape index (κ1) is 19.0. The summed E-state index contributed by atoms with van der Waals surface area (Å²) in [6.45, 7) is 4.47. The Bertz CT molecular complexity index is 1520. The van der Waals surface area contributed by atoms with Gasteiger partial charge in [-0.05, 0) is 35.7 Å². The van der Waals surface area contributed by atoms with Crippen LogP contribution in [-0.2, 0) is 13.0 Å². The van der Waals surface area contributed by atoms with Gasteiger partial charge in [-0.3, -0.25) is 9.59 Å². The maximum absolute atomic E-state index is 12.3. The average Bonchev–Trinajstić information content (AvgIpc) is 3.39. The number of fused-ring (bicyclic) bond motifs is 2. The van der Waals surface area contributed by atoms with E-state index < -0.39 is 11.1 Å². The monoisotopic (exact) mass is 415 g/mol. The van der Waals surface area contributed by atoms with E-state index in [1.165, 1.54) is 4.57 Å². The quantitative estimate of drug-likeness (QED) is 0.427. The van der Waals surface area contributed by atoms with Crippen LogP contribution in [-0.4, -0.2) is 24.7 Å². The molecule has 0 radical (unpaired) electrons. The molecule has 2 N–H and O–H groups in total. The molecule has 31 heavy (non-hydrogen) atoms. The molecular weight excluding hydrogens is 394 g/mol. The third-order valence-electron chi connectivity index (χ3n) is 5.27. The lowest BCUT2D eigenvalue weighted by molar-refractivity contribution is 0.386. The molecule has 0 aliphatic carbocycles. The normalized spacial score (nSPS) is 11.7. The van der Waals surface area contributed by atoms with Crippen molar-refractivity contribution in [3.05, 3.63) is 80.8 Å². The van der Waals surface area contributed by atoms with Gasteiger partial charge in [0, 0.05) is 29.2 Å². The average molecular weight is 415 g/mol. The Labute approximate surface area is 176 Å². The standard InChI is InChI=1S/C23H21N5O3/c1-13(2)12-28-19-8-7-14(9-18(19)25-22(29)23(28)30)21-26-20(31-27-21)10-15-11-24-17-6-4-3-5-16(15)17/h3-9,11,13,24H,10,12H2,1-2H3,(H,25,29). The van der Waals surface area contributed by atoms with Gasteiger partial charge in [0.15, 0.2) is 0 Å². The molecule has 0 saturated heterocycles. The topological polar surface area (TPSA) is 110 Å². The van der Waals surface area contributed by atoms with Gasteiger partial charge in [0.1, 0.15) is 0 Å². The van der Waals surface area contributed by atoms with Crippen molar-refractivity contribution in [2.75, 3.05) is 0 Å². The predicted octanol–water partition coefficient (Wildman–Crippen LogP) is 3.47. The van der Waals surface area contributed by atoms with Gasteiger partial charge < -0.3 is 19.1 Å². The number of aromatic nitrogens is 5. The first-order chi connectivity index (χ1) is 15.0. The lowest BCUT2D eigenvalue weighted by Gasteiger charge is -2.12. The molecule has 0 fully saturated rings. The number of para-hydroxylation sites is 1. The molecule has 0 aliphatic heterocycles. The highest BCUT2D eigenvalue weighted by Crippen LogP contribution is 2.23. The fraction of sp³-hybridized carbons (Fsp3) is 0.217. The van der Waals surface area contributed by atoms with Crippen molar-refractivity contribution >= 4 is 21.9 Å². The Kier molecular flexibility index (Phi) is 4.54. The van der Waals surface area contributed by atoms with Gasteiger partial charge in [0.25, 0.3) is 0 Å². The summed E-state index contributed by atoms with van der Waals surface area (Å²) in [5.41, 5.74) is 2.88. The van der Waals surface area contributed by atoms with Crippen LogP contribution in [0.5, 0.6) is 0 Å². The summed E-state index contributed by atoms with van der Waals surface area (Å²) in [5, 5.41) is 5.23. The molecule has 0 aliphatic rings. The molecule has 0 saturated carbocycles. The van der Waals surface area contributed by atoms with E-state index in [1.807, 2.05) is 44.3 Å². The van der Waals surface area contributed by atoms with Crippen molar-refractivity contribution in [1.82, 2.24) is 24.7 Å². The molecule has 0 bridgehead atoms. The van der Waals surface area contributed by atoms with Crippen LogP contribution in [0.2, 0.25) is 0 Å². The second kappa shape index (κ2) is 7.39. The van der Waals surface area contributed by atoms with Crippen LogP contribution >= 0.6 is 0 Å². The van der Waals surface area contributed by atoms with E-state index in [9.17, 15) is 9.59 Å². The third-order valence-corrected chi connectivity index (χ3v) is 5.27. The van der Waals surface area contributed by atoms with E-state index >= 15 is 0 Å². The van der Waals surface area contributed by atoms with Crippen LogP contribution < -0.4 is 11.1 Å². The summed E-state index contributed by atoms with van der Waals surface area (Å²) < 4.78 is 6.99. The molecule has 0 spiro atoms. The van der Waals surface area contributed by atoms with E-state index in [-0.39, 0.29) is 5.92 Å². The molecule has 3 aromatic heterocycles. The molecule has 8 heteroatoms. The number of aromatic amines is 2. The molecule has 8 nitrogen and oxygen atoms in total. The minimum Gasteiger partial charge on any atom is -0.361 e. The fourth-order valence-electron chi connectivity index (χ4n) is 3.85. The minimum absolute atomic E-state index is 0.228. The highest BCUT2D eigenvalue weighted by atomic mass is 16.5. The van der Waals surface area contributed by atoms with Gasteiger partial charge in [-0.25, -0.2) is 0 Å². The molecule has 0 atom stereocenters. The Morgan fingerprint density at radius 1 is 1.10 bits per heavy atom. The number of nitrogens with zero attached hydrogens (tertiary/aromatic N) is 3. The van der Waals surface area contributed by atoms with Crippen molar-refractivity contribution in [3.63, 3.8) is 0 Å². The predicted molar refractivity (Wildman–Crippen MR) is 118 cm³/mol. The van der Waals surface area contributed by atoms with Crippen LogP contribution in [0, 0.1) is 5.92 Å². The molecule has 5 rings (SSSR count). The number of H-pyrrole nitrogens is 2. The van der Waals surface area contributed by atoms with Crippen LogP contribution in [0.4, 0.5) is 0 Å². The van der Waals surface area contributed by atoms with Gasteiger partial charge in [-0.2, -0.15) is 4.98 Å². The molecule has 2 aromatic carbocycles. The number of hydrogen-bond acceptors (Lipinski definition) is 5. The fourth-order valence-corrected chi connectivity index (χ4v) is 3.85. The lowest BCUT2D eigenvalue weighted by Crippen LogP contribution is -2.37. The Morgan fingerprint density at radius 2 is 1.94 bits per heavy atom. The van der Waals surface area contributed by atoms with Crippen molar-refractivity contribution < 1.29 is 4.52 Å². The molecular formula is C23H21N5O3. The summed E-state index contributed by atoms with van der Waals surface area (Å²) in [6, 6.07) is 13.5. The Balaban J connectivity index is 1.50. The molecule has 156 valence electrons. The maximum atomic E-state index is 12.3. The van der Waals surface area contributed by atoms with Crippen LogP contribution in [0.15, 0.2) is 62.8 Å². The van der Waals surface area contributed by atoms with Crippen molar-refractivity contribution in [1.29, 1.82) is 0 Å². The van der Waals surface area contributed by atoms with Gasteiger partial charge in [-0.1, -0.05) is 37.2 Å². The number of hydrogen-bond donors (Lipinski definition) is 2. The maximum Gasteiger partial charge on any atom is 0.316 e. The van der Waals surface area contributed by atoms with E-state index in [1.54, 1.807) is 12.1 Å². The Morgan fingerprint density at radius 3 is 2.77 bits per heavy atom. The van der Waals surface area contributed by atoms with E-state index in [0.29, 0.717) is 41.3 Å². The number of nitrogens with one attached hydrogen (secondary N) is 2. The van der Waals surface area contributed by atoms with E-state index in [4.69, 9.17) is 4.52 Å². The molecule has 0 amide bonds. The lowest BCUT2D eigenvalue weighted by atomic mass is 10.1.